The Labute approximate surface area is 125 Å². The average Bonchev–Trinajstić information content (AvgIpc) is 2.91. The van der Waals surface area contributed by atoms with Crippen LogP contribution in [-0.2, 0) is 0 Å². The first-order valence-corrected chi connectivity index (χ1v) is 7.53. The molecule has 3 rings (SSSR count). The largest absolute Gasteiger partial charge is 0.493 e. The van der Waals surface area contributed by atoms with Crippen LogP contribution in [0.1, 0.15) is 37.2 Å². The van der Waals surface area contributed by atoms with Gasteiger partial charge in [0.25, 0.3) is 5.56 Å². The van der Waals surface area contributed by atoms with Gasteiger partial charge in [0.1, 0.15) is 5.82 Å². The summed E-state index contributed by atoms with van der Waals surface area (Å²) in [5.41, 5.74) is 0.991. The number of halogens is 1. The lowest BCUT2D eigenvalue weighted by Gasteiger charge is -2.11. The van der Waals surface area contributed by atoms with E-state index in [2.05, 4.69) is 25.9 Å². The van der Waals surface area contributed by atoms with E-state index in [0.717, 1.165) is 35.7 Å². The Hall–Kier alpha value is -1.62. The van der Waals surface area contributed by atoms with Gasteiger partial charge < -0.3 is 10.1 Å². The van der Waals surface area contributed by atoms with Gasteiger partial charge in [-0.05, 0) is 30.9 Å². The van der Waals surface area contributed by atoms with Gasteiger partial charge in [0.05, 0.1) is 5.56 Å². The number of nitrogens with one attached hydrogen (secondary N) is 1. The second-order valence-electron chi connectivity index (χ2n) is 5.14. The summed E-state index contributed by atoms with van der Waals surface area (Å²) >= 11 is 3.38. The third-order valence-electron chi connectivity index (χ3n) is 3.80. The molecule has 2 N–H and O–H groups in total. The maximum Gasteiger partial charge on any atom is 0.258 e. The number of aromatic amines is 1. The summed E-state index contributed by atoms with van der Waals surface area (Å²) in [5.74, 6) is 0.411. The topological polar surface area (TPSA) is 66.0 Å². The molecule has 1 fully saturated rings. The number of hydrogen-bond donors (Lipinski definition) is 2. The number of rotatable bonds is 2. The van der Waals surface area contributed by atoms with Gasteiger partial charge in [0.2, 0.25) is 5.88 Å². The third-order valence-corrected chi connectivity index (χ3v) is 4.29. The predicted octanol–water partition coefficient (Wildman–Crippen LogP) is 3.56. The predicted molar refractivity (Wildman–Crippen MR) is 80.9 cm³/mol. The fourth-order valence-electron chi connectivity index (χ4n) is 2.83. The van der Waals surface area contributed by atoms with E-state index in [1.165, 1.54) is 0 Å². The van der Waals surface area contributed by atoms with Crippen molar-refractivity contribution in [1.29, 1.82) is 0 Å². The van der Waals surface area contributed by atoms with E-state index in [1.54, 1.807) is 0 Å². The van der Waals surface area contributed by atoms with E-state index in [0.29, 0.717) is 11.4 Å². The van der Waals surface area contributed by atoms with E-state index in [4.69, 9.17) is 0 Å². The molecule has 1 aromatic carbocycles. The standard InChI is InChI=1S/C15H15BrN2O2/c16-11-7-3-6-10(8-11)13-17-14(19)12(15(20)18-13)9-4-1-2-5-9/h3,6-9H,1-2,4-5H2,(H2,17,18,19,20). The highest BCUT2D eigenvalue weighted by molar-refractivity contribution is 9.10. The first kappa shape index (κ1) is 13.4. The first-order valence-electron chi connectivity index (χ1n) is 6.74. The third kappa shape index (κ3) is 2.50. The summed E-state index contributed by atoms with van der Waals surface area (Å²) in [6.07, 6.45) is 4.12. The minimum Gasteiger partial charge on any atom is -0.493 e. The van der Waals surface area contributed by atoms with Gasteiger partial charge in [-0.3, -0.25) is 4.79 Å². The van der Waals surface area contributed by atoms with E-state index < -0.39 is 0 Å². The molecule has 1 aliphatic carbocycles. The van der Waals surface area contributed by atoms with Crippen LogP contribution in [0.4, 0.5) is 0 Å². The molecule has 0 bridgehead atoms. The second kappa shape index (κ2) is 5.40. The molecule has 104 valence electrons. The quantitative estimate of drug-likeness (QED) is 0.882. The molecular weight excluding hydrogens is 320 g/mol. The van der Waals surface area contributed by atoms with Crippen LogP contribution in [-0.4, -0.2) is 15.1 Å². The number of benzene rings is 1. The molecule has 5 heteroatoms. The SMILES string of the molecule is O=c1[nH]c(-c2cccc(Br)c2)nc(O)c1C1CCCC1. The second-order valence-corrected chi connectivity index (χ2v) is 6.06. The average molecular weight is 335 g/mol. The van der Waals surface area contributed by atoms with E-state index in [1.807, 2.05) is 24.3 Å². The van der Waals surface area contributed by atoms with Crippen LogP contribution in [0.15, 0.2) is 33.5 Å². The van der Waals surface area contributed by atoms with Gasteiger partial charge in [-0.15, -0.1) is 0 Å². The fourth-order valence-corrected chi connectivity index (χ4v) is 3.22. The first-order chi connectivity index (χ1) is 9.65. The number of aromatic hydroxyl groups is 1. The highest BCUT2D eigenvalue weighted by atomic mass is 79.9. The molecule has 0 aliphatic heterocycles. The van der Waals surface area contributed by atoms with E-state index in [9.17, 15) is 9.90 Å². The Balaban J connectivity index is 2.05. The lowest BCUT2D eigenvalue weighted by atomic mass is 10.00. The highest BCUT2D eigenvalue weighted by Gasteiger charge is 2.24. The smallest absolute Gasteiger partial charge is 0.258 e. The number of H-pyrrole nitrogens is 1. The van der Waals surface area contributed by atoms with E-state index >= 15 is 0 Å². The summed E-state index contributed by atoms with van der Waals surface area (Å²) in [7, 11) is 0. The van der Waals surface area contributed by atoms with Crippen molar-refractivity contribution in [2.24, 2.45) is 0 Å². The van der Waals surface area contributed by atoms with Crippen LogP contribution >= 0.6 is 15.9 Å². The molecule has 2 aromatic rings. The summed E-state index contributed by atoms with van der Waals surface area (Å²) in [6.45, 7) is 0. The molecule has 0 unspecified atom stereocenters. The lowest BCUT2D eigenvalue weighted by molar-refractivity contribution is 0.436. The summed E-state index contributed by atoms with van der Waals surface area (Å²) < 4.78 is 0.900. The molecule has 20 heavy (non-hydrogen) atoms. The van der Waals surface area contributed by atoms with Crippen molar-refractivity contribution in [2.75, 3.05) is 0 Å². The van der Waals surface area contributed by atoms with Gasteiger partial charge in [-0.2, -0.15) is 4.98 Å². The van der Waals surface area contributed by atoms with Crippen LogP contribution in [0, 0.1) is 0 Å². The van der Waals surface area contributed by atoms with Gasteiger partial charge in [0.15, 0.2) is 0 Å². The van der Waals surface area contributed by atoms with Gasteiger partial charge in [0, 0.05) is 10.0 Å². The zero-order valence-electron chi connectivity index (χ0n) is 10.9. The van der Waals surface area contributed by atoms with Crippen molar-refractivity contribution in [3.05, 3.63) is 44.7 Å². The van der Waals surface area contributed by atoms with Crippen molar-refractivity contribution in [2.45, 2.75) is 31.6 Å². The molecule has 1 heterocycles. The van der Waals surface area contributed by atoms with Crippen molar-refractivity contribution in [1.82, 2.24) is 9.97 Å². The zero-order chi connectivity index (χ0) is 14.1. The molecule has 0 atom stereocenters. The van der Waals surface area contributed by atoms with Crippen LogP contribution < -0.4 is 5.56 Å². The van der Waals surface area contributed by atoms with E-state index in [-0.39, 0.29) is 17.4 Å². The monoisotopic (exact) mass is 334 g/mol. The minimum absolute atomic E-state index is 0.129. The zero-order valence-corrected chi connectivity index (χ0v) is 12.5. The van der Waals surface area contributed by atoms with Crippen molar-refractivity contribution in [3.8, 4) is 17.3 Å². The molecule has 1 aliphatic rings. The van der Waals surface area contributed by atoms with Crippen molar-refractivity contribution >= 4 is 15.9 Å². The summed E-state index contributed by atoms with van der Waals surface area (Å²) in [4.78, 5) is 19.2. The summed E-state index contributed by atoms with van der Waals surface area (Å²) in [5, 5.41) is 10.1. The van der Waals surface area contributed by atoms with Crippen LogP contribution in [0.5, 0.6) is 5.88 Å². The minimum atomic E-state index is -0.223. The van der Waals surface area contributed by atoms with Gasteiger partial charge >= 0.3 is 0 Å². The van der Waals surface area contributed by atoms with Gasteiger partial charge in [-0.25, -0.2) is 0 Å². The normalized spacial score (nSPS) is 15.7. The molecule has 0 spiro atoms. The Bertz CT molecular complexity index is 691. The van der Waals surface area contributed by atoms with Crippen LogP contribution in [0.2, 0.25) is 0 Å². The Morgan fingerprint density at radius 3 is 2.70 bits per heavy atom. The van der Waals surface area contributed by atoms with Crippen LogP contribution in [0.25, 0.3) is 11.4 Å². The van der Waals surface area contributed by atoms with Gasteiger partial charge in [-0.1, -0.05) is 40.9 Å². The molecule has 1 aromatic heterocycles. The molecule has 0 saturated heterocycles. The maximum absolute atomic E-state index is 12.2. The molecule has 0 amide bonds. The Morgan fingerprint density at radius 1 is 1.30 bits per heavy atom. The number of hydrogen-bond acceptors (Lipinski definition) is 3. The molecule has 1 saturated carbocycles. The van der Waals surface area contributed by atoms with Crippen molar-refractivity contribution in [3.63, 3.8) is 0 Å². The summed E-state index contributed by atoms with van der Waals surface area (Å²) in [6, 6.07) is 7.46. The molecular formula is C15H15BrN2O2. The number of nitrogens with zero attached hydrogens (tertiary/aromatic N) is 1. The number of aromatic nitrogens is 2. The Morgan fingerprint density at radius 2 is 2.05 bits per heavy atom. The lowest BCUT2D eigenvalue weighted by Crippen LogP contribution is -2.17. The molecule has 4 nitrogen and oxygen atoms in total. The van der Waals surface area contributed by atoms with Crippen LogP contribution in [0.3, 0.4) is 0 Å². The highest BCUT2D eigenvalue weighted by Crippen LogP contribution is 2.36. The fraction of sp³-hybridized carbons (Fsp3) is 0.333. The molecule has 0 radical (unpaired) electrons. The Kier molecular flexibility index (Phi) is 3.61. The van der Waals surface area contributed by atoms with Crippen molar-refractivity contribution < 1.29 is 5.11 Å². The maximum atomic E-state index is 12.2.